The first-order valence-electron chi connectivity index (χ1n) is 9.29. The molecule has 2 heterocycles. The zero-order valence-corrected chi connectivity index (χ0v) is 17.2. The first-order chi connectivity index (χ1) is 14.2. The lowest BCUT2D eigenvalue weighted by Crippen LogP contribution is -2.63. The van der Waals surface area contributed by atoms with Crippen LogP contribution in [0.4, 0.5) is 29.3 Å². The number of carbonyl (C=O) groups excluding carboxylic acids is 2. The predicted octanol–water partition coefficient (Wildman–Crippen LogP) is 4.65. The van der Waals surface area contributed by atoms with Crippen LogP contribution in [0.2, 0.25) is 0 Å². The summed E-state index contributed by atoms with van der Waals surface area (Å²) in [5.41, 5.74) is 0.175. The highest BCUT2D eigenvalue weighted by molar-refractivity contribution is 9.10. The number of carbonyl (C=O) groups is 2. The van der Waals surface area contributed by atoms with Gasteiger partial charge in [0.1, 0.15) is 5.66 Å². The van der Waals surface area contributed by atoms with Crippen molar-refractivity contribution < 1.29 is 22.8 Å². The van der Waals surface area contributed by atoms with Gasteiger partial charge in [-0.3, -0.25) is 4.79 Å². The lowest BCUT2D eigenvalue weighted by Gasteiger charge is -2.45. The van der Waals surface area contributed by atoms with E-state index < -0.39 is 23.4 Å². The van der Waals surface area contributed by atoms with Gasteiger partial charge in [-0.1, -0.05) is 15.9 Å². The van der Waals surface area contributed by atoms with Crippen LogP contribution in [0.1, 0.15) is 28.8 Å². The van der Waals surface area contributed by atoms with E-state index in [1.54, 1.807) is 11.0 Å². The molecule has 1 saturated heterocycles. The molecule has 3 amide bonds. The Morgan fingerprint density at radius 3 is 2.37 bits per heavy atom. The Morgan fingerprint density at radius 1 is 1.07 bits per heavy atom. The maximum Gasteiger partial charge on any atom is 0.416 e. The van der Waals surface area contributed by atoms with Crippen molar-refractivity contribution in [3.63, 3.8) is 0 Å². The van der Waals surface area contributed by atoms with Gasteiger partial charge in [0.2, 0.25) is 0 Å². The van der Waals surface area contributed by atoms with Gasteiger partial charge in [0.25, 0.3) is 5.91 Å². The molecule has 0 atom stereocenters. The third-order valence-corrected chi connectivity index (χ3v) is 5.81. The molecule has 30 heavy (non-hydrogen) atoms. The Kier molecular flexibility index (Phi) is 5.13. The molecular weight excluding hydrogens is 465 g/mol. The fourth-order valence-corrected chi connectivity index (χ4v) is 4.03. The van der Waals surface area contributed by atoms with E-state index in [-0.39, 0.29) is 11.6 Å². The summed E-state index contributed by atoms with van der Waals surface area (Å²) in [6, 6.07) is 9.35. The maximum absolute atomic E-state index is 12.7. The lowest BCUT2D eigenvalue weighted by molar-refractivity contribution is -0.137. The molecule has 0 saturated carbocycles. The SMILES string of the molecule is O=C1NC2(CCN(C(=O)Nc3ccc(C(F)(F)F)cc3)CC2)Nc2ccc(Br)cc21. The van der Waals surface area contributed by atoms with Gasteiger partial charge in [-0.05, 0) is 42.5 Å². The Bertz CT molecular complexity index is 987. The highest BCUT2D eigenvalue weighted by atomic mass is 79.9. The minimum Gasteiger partial charge on any atom is -0.362 e. The normalized spacial score (nSPS) is 17.7. The first-order valence-corrected chi connectivity index (χ1v) is 10.1. The standard InChI is InChI=1S/C20H18BrF3N4O2/c21-13-3-6-16-15(11-13)17(29)27-19(26-16)7-9-28(10-8-19)18(30)25-14-4-1-12(2-5-14)20(22,23)24/h1-6,11,26H,7-10H2,(H,25,30)(H,27,29). The molecule has 6 nitrogen and oxygen atoms in total. The zero-order valence-electron chi connectivity index (χ0n) is 15.6. The van der Waals surface area contributed by atoms with Crippen molar-refractivity contribution in [2.45, 2.75) is 24.7 Å². The molecule has 0 unspecified atom stereocenters. The number of piperidine rings is 1. The van der Waals surface area contributed by atoms with Crippen molar-refractivity contribution in [2.24, 2.45) is 0 Å². The maximum atomic E-state index is 12.7. The number of rotatable bonds is 1. The third-order valence-electron chi connectivity index (χ3n) is 5.32. The fraction of sp³-hybridized carbons (Fsp3) is 0.300. The smallest absolute Gasteiger partial charge is 0.362 e. The number of nitrogens with zero attached hydrogens (tertiary/aromatic N) is 1. The largest absolute Gasteiger partial charge is 0.416 e. The van der Waals surface area contributed by atoms with Crippen molar-refractivity contribution in [1.82, 2.24) is 10.2 Å². The van der Waals surface area contributed by atoms with Crippen molar-refractivity contribution >= 4 is 39.2 Å². The van der Waals surface area contributed by atoms with Gasteiger partial charge in [0, 0.05) is 41.8 Å². The molecule has 10 heteroatoms. The van der Waals surface area contributed by atoms with Gasteiger partial charge < -0.3 is 20.9 Å². The van der Waals surface area contributed by atoms with Gasteiger partial charge in [-0.2, -0.15) is 13.2 Å². The molecule has 2 aliphatic heterocycles. The molecule has 1 fully saturated rings. The van der Waals surface area contributed by atoms with Crippen molar-refractivity contribution in [3.8, 4) is 0 Å². The van der Waals surface area contributed by atoms with Crippen LogP contribution in [-0.4, -0.2) is 35.6 Å². The van der Waals surface area contributed by atoms with Gasteiger partial charge in [-0.15, -0.1) is 0 Å². The molecule has 3 N–H and O–H groups in total. The Balaban J connectivity index is 1.38. The lowest BCUT2D eigenvalue weighted by atomic mass is 9.92. The number of anilines is 2. The van der Waals surface area contributed by atoms with Gasteiger partial charge >= 0.3 is 12.2 Å². The summed E-state index contributed by atoms with van der Waals surface area (Å²) in [6.07, 6.45) is -3.43. The summed E-state index contributed by atoms with van der Waals surface area (Å²) in [5.74, 6) is -0.173. The van der Waals surface area contributed by atoms with E-state index in [1.165, 1.54) is 12.1 Å². The van der Waals surface area contributed by atoms with Gasteiger partial charge in [0.15, 0.2) is 0 Å². The minimum absolute atomic E-state index is 0.173. The van der Waals surface area contributed by atoms with E-state index in [1.807, 2.05) is 12.1 Å². The van der Waals surface area contributed by atoms with E-state index in [0.717, 1.165) is 22.3 Å². The second kappa shape index (κ2) is 7.50. The van der Waals surface area contributed by atoms with Gasteiger partial charge in [-0.25, -0.2) is 4.79 Å². The molecule has 0 aliphatic carbocycles. The molecule has 0 aromatic heterocycles. The highest BCUT2D eigenvalue weighted by Crippen LogP contribution is 2.33. The van der Waals surface area contributed by atoms with Gasteiger partial charge in [0.05, 0.1) is 11.1 Å². The molecule has 2 aromatic carbocycles. The molecule has 1 spiro atoms. The van der Waals surface area contributed by atoms with E-state index >= 15 is 0 Å². The number of hydrogen-bond acceptors (Lipinski definition) is 3. The molecule has 2 aliphatic rings. The summed E-state index contributed by atoms with van der Waals surface area (Å²) in [6.45, 7) is 0.761. The Labute approximate surface area is 178 Å². The number of amides is 3. The number of halogens is 4. The molecule has 4 rings (SSSR count). The van der Waals surface area contributed by atoms with Crippen LogP contribution in [0.3, 0.4) is 0 Å². The highest BCUT2D eigenvalue weighted by Gasteiger charge is 2.41. The van der Waals surface area contributed by atoms with E-state index in [9.17, 15) is 22.8 Å². The Morgan fingerprint density at radius 2 is 1.73 bits per heavy atom. The molecule has 158 valence electrons. The van der Waals surface area contributed by atoms with Crippen LogP contribution in [0, 0.1) is 0 Å². The van der Waals surface area contributed by atoms with E-state index in [2.05, 4.69) is 31.9 Å². The van der Waals surface area contributed by atoms with Crippen molar-refractivity contribution in [3.05, 3.63) is 58.1 Å². The summed E-state index contributed by atoms with van der Waals surface area (Å²) in [7, 11) is 0. The number of benzene rings is 2. The van der Waals surface area contributed by atoms with Crippen LogP contribution >= 0.6 is 15.9 Å². The third kappa shape index (κ3) is 4.09. The second-order valence-corrected chi connectivity index (χ2v) is 8.26. The molecule has 2 aromatic rings. The monoisotopic (exact) mass is 482 g/mol. The summed E-state index contributed by atoms with van der Waals surface area (Å²) >= 11 is 3.36. The van der Waals surface area contributed by atoms with E-state index in [4.69, 9.17) is 0 Å². The number of fused-ring (bicyclic) bond motifs is 1. The average molecular weight is 483 g/mol. The molecule has 0 radical (unpaired) electrons. The number of likely N-dealkylation sites (tertiary alicyclic amines) is 1. The van der Waals surface area contributed by atoms with Crippen LogP contribution in [0.15, 0.2) is 46.9 Å². The van der Waals surface area contributed by atoms with Crippen LogP contribution in [0.5, 0.6) is 0 Å². The molecular formula is C20H18BrF3N4O2. The number of nitrogens with one attached hydrogen (secondary N) is 3. The number of alkyl halides is 3. The first kappa shape index (κ1) is 20.5. The predicted molar refractivity (Wildman–Crippen MR) is 109 cm³/mol. The van der Waals surface area contributed by atoms with Crippen molar-refractivity contribution in [1.29, 1.82) is 0 Å². The molecule has 0 bridgehead atoms. The topological polar surface area (TPSA) is 73.5 Å². The summed E-state index contributed by atoms with van der Waals surface area (Å²) in [5, 5.41) is 9.01. The number of hydrogen-bond donors (Lipinski definition) is 3. The second-order valence-electron chi connectivity index (χ2n) is 7.34. The average Bonchev–Trinajstić information content (AvgIpc) is 2.69. The minimum atomic E-state index is -4.42. The number of urea groups is 1. The quantitative estimate of drug-likeness (QED) is 0.553. The van der Waals surface area contributed by atoms with Crippen LogP contribution < -0.4 is 16.0 Å². The van der Waals surface area contributed by atoms with Crippen molar-refractivity contribution in [2.75, 3.05) is 23.7 Å². The van der Waals surface area contributed by atoms with E-state index in [0.29, 0.717) is 31.5 Å². The zero-order chi connectivity index (χ0) is 21.5. The summed E-state index contributed by atoms with van der Waals surface area (Å²) < 4.78 is 38.8. The van der Waals surface area contributed by atoms with Crippen LogP contribution in [-0.2, 0) is 6.18 Å². The fourth-order valence-electron chi connectivity index (χ4n) is 3.67. The van der Waals surface area contributed by atoms with Crippen LogP contribution in [0.25, 0.3) is 0 Å². The Hall–Kier alpha value is -2.75. The summed E-state index contributed by atoms with van der Waals surface area (Å²) in [4.78, 5) is 26.6.